The molecular formula is C15H9ClF2N2O2. The first-order valence-corrected chi connectivity index (χ1v) is 6.67. The molecule has 1 aromatic heterocycles. The van der Waals surface area contributed by atoms with Crippen LogP contribution in [-0.2, 0) is 6.54 Å². The van der Waals surface area contributed by atoms with Crippen molar-refractivity contribution in [3.63, 3.8) is 0 Å². The molecule has 0 aliphatic heterocycles. The van der Waals surface area contributed by atoms with Gasteiger partial charge < -0.3 is 5.11 Å². The minimum atomic E-state index is -1.34. The zero-order valence-electron chi connectivity index (χ0n) is 11.1. The number of aromatic carboxylic acids is 1. The lowest BCUT2D eigenvalue weighted by Crippen LogP contribution is -2.08. The average Bonchev–Trinajstić information content (AvgIpc) is 2.88. The number of fused-ring (bicyclic) bond motifs is 1. The largest absolute Gasteiger partial charge is 0.478 e. The second-order valence-corrected chi connectivity index (χ2v) is 5.09. The van der Waals surface area contributed by atoms with Crippen LogP contribution >= 0.6 is 11.6 Å². The Balaban J connectivity index is 2.06. The molecule has 0 unspecified atom stereocenters. The normalized spacial score (nSPS) is 11.0. The fourth-order valence-electron chi connectivity index (χ4n) is 2.25. The van der Waals surface area contributed by atoms with Gasteiger partial charge in [-0.1, -0.05) is 23.7 Å². The van der Waals surface area contributed by atoms with Crippen LogP contribution in [0.2, 0.25) is 5.02 Å². The molecule has 2 aromatic carbocycles. The van der Waals surface area contributed by atoms with Gasteiger partial charge in [-0.2, -0.15) is 5.10 Å². The molecule has 0 bridgehead atoms. The number of carboxylic acids is 1. The van der Waals surface area contributed by atoms with Crippen LogP contribution in [0, 0.1) is 11.6 Å². The molecule has 3 aromatic rings. The molecule has 0 spiro atoms. The summed E-state index contributed by atoms with van der Waals surface area (Å²) in [5.74, 6) is -2.76. The predicted octanol–water partition coefficient (Wildman–Crippen LogP) is 3.71. The van der Waals surface area contributed by atoms with Crippen LogP contribution in [0.25, 0.3) is 10.9 Å². The number of benzene rings is 2. The summed E-state index contributed by atoms with van der Waals surface area (Å²) >= 11 is 5.70. The highest BCUT2D eigenvalue weighted by Gasteiger charge is 2.16. The van der Waals surface area contributed by atoms with E-state index >= 15 is 0 Å². The summed E-state index contributed by atoms with van der Waals surface area (Å²) < 4.78 is 29.4. The van der Waals surface area contributed by atoms with Crippen LogP contribution in [0.15, 0.2) is 36.5 Å². The quantitative estimate of drug-likeness (QED) is 0.799. The first kappa shape index (κ1) is 14.5. The Labute approximate surface area is 128 Å². The Morgan fingerprint density at radius 1 is 1.23 bits per heavy atom. The third-order valence-electron chi connectivity index (χ3n) is 3.34. The van der Waals surface area contributed by atoms with Crippen LogP contribution in [-0.4, -0.2) is 20.9 Å². The highest BCUT2D eigenvalue weighted by atomic mass is 35.5. The van der Waals surface area contributed by atoms with E-state index in [4.69, 9.17) is 16.7 Å². The first-order chi connectivity index (χ1) is 10.5. The second-order valence-electron chi connectivity index (χ2n) is 4.68. The number of carboxylic acid groups (broad SMARTS) is 1. The number of rotatable bonds is 3. The maximum atomic E-state index is 14.1. The summed E-state index contributed by atoms with van der Waals surface area (Å²) in [4.78, 5) is 10.9. The molecule has 22 heavy (non-hydrogen) atoms. The number of hydrogen-bond donors (Lipinski definition) is 1. The number of halogens is 3. The summed E-state index contributed by atoms with van der Waals surface area (Å²) in [5.41, 5.74) is 0.186. The van der Waals surface area contributed by atoms with Crippen molar-refractivity contribution in [1.82, 2.24) is 9.78 Å². The summed E-state index contributed by atoms with van der Waals surface area (Å²) in [6.45, 7) is -0.0163. The highest BCUT2D eigenvalue weighted by Crippen LogP contribution is 2.25. The molecule has 0 aliphatic carbocycles. The SMILES string of the molecule is O=C(O)c1cccc(Cn2ncc3c(F)c(Cl)ccc32)c1F. The number of nitrogens with zero attached hydrogens (tertiary/aromatic N) is 2. The van der Waals surface area contributed by atoms with E-state index in [1.807, 2.05) is 0 Å². The summed E-state index contributed by atoms with van der Waals surface area (Å²) in [7, 11) is 0. The summed E-state index contributed by atoms with van der Waals surface area (Å²) in [6, 6.07) is 7.06. The molecule has 7 heteroatoms. The van der Waals surface area contributed by atoms with Crippen molar-refractivity contribution in [1.29, 1.82) is 0 Å². The van der Waals surface area contributed by atoms with E-state index in [0.717, 1.165) is 0 Å². The maximum Gasteiger partial charge on any atom is 0.338 e. The lowest BCUT2D eigenvalue weighted by Gasteiger charge is -2.07. The maximum absolute atomic E-state index is 14.1. The van der Waals surface area contributed by atoms with Crippen LogP contribution in [0.3, 0.4) is 0 Å². The van der Waals surface area contributed by atoms with Gasteiger partial charge >= 0.3 is 5.97 Å². The predicted molar refractivity (Wildman–Crippen MR) is 77.2 cm³/mol. The molecule has 0 amide bonds. The molecule has 0 saturated carbocycles. The lowest BCUT2D eigenvalue weighted by atomic mass is 10.1. The fourth-order valence-corrected chi connectivity index (χ4v) is 2.41. The van der Waals surface area contributed by atoms with Gasteiger partial charge in [0, 0.05) is 5.56 Å². The molecule has 0 fully saturated rings. The smallest absolute Gasteiger partial charge is 0.338 e. The van der Waals surface area contributed by atoms with Gasteiger partial charge in [-0.05, 0) is 18.2 Å². The lowest BCUT2D eigenvalue weighted by molar-refractivity contribution is 0.0691. The van der Waals surface area contributed by atoms with Crippen molar-refractivity contribution in [2.24, 2.45) is 0 Å². The Bertz CT molecular complexity index is 893. The Hall–Kier alpha value is -2.47. The van der Waals surface area contributed by atoms with E-state index in [-0.39, 0.29) is 22.5 Å². The van der Waals surface area contributed by atoms with E-state index in [1.54, 1.807) is 6.07 Å². The Kier molecular flexibility index (Phi) is 3.54. The summed E-state index contributed by atoms with van der Waals surface area (Å²) in [5, 5.41) is 13.1. The van der Waals surface area contributed by atoms with Crippen molar-refractivity contribution in [2.75, 3.05) is 0 Å². The topological polar surface area (TPSA) is 55.1 Å². The molecule has 1 heterocycles. The molecule has 0 saturated heterocycles. The average molecular weight is 323 g/mol. The van der Waals surface area contributed by atoms with Gasteiger partial charge in [0.1, 0.15) is 5.82 Å². The zero-order valence-corrected chi connectivity index (χ0v) is 11.8. The zero-order chi connectivity index (χ0) is 15.9. The number of carbonyl (C=O) groups is 1. The third kappa shape index (κ3) is 2.31. The standard InChI is InChI=1S/C15H9ClF2N2O2/c16-11-4-5-12-10(14(11)18)6-19-20(12)7-8-2-1-3-9(13(8)17)15(21)22/h1-6H,7H2,(H,21,22). The fraction of sp³-hybridized carbons (Fsp3) is 0.0667. The van der Waals surface area contributed by atoms with Gasteiger partial charge in [-0.15, -0.1) is 0 Å². The van der Waals surface area contributed by atoms with E-state index < -0.39 is 23.2 Å². The second kappa shape index (κ2) is 5.38. The minimum Gasteiger partial charge on any atom is -0.478 e. The molecule has 1 N–H and O–H groups in total. The molecular weight excluding hydrogens is 314 g/mol. The summed E-state index contributed by atoms with van der Waals surface area (Å²) in [6.07, 6.45) is 1.30. The van der Waals surface area contributed by atoms with Crippen LogP contribution in [0.4, 0.5) is 8.78 Å². The van der Waals surface area contributed by atoms with Gasteiger partial charge in [-0.25, -0.2) is 13.6 Å². The van der Waals surface area contributed by atoms with Gasteiger partial charge in [0.05, 0.1) is 34.2 Å². The number of hydrogen-bond acceptors (Lipinski definition) is 2. The Morgan fingerprint density at radius 2 is 2.00 bits per heavy atom. The first-order valence-electron chi connectivity index (χ1n) is 6.29. The van der Waals surface area contributed by atoms with E-state index in [0.29, 0.717) is 5.52 Å². The minimum absolute atomic E-state index is 0.0163. The highest BCUT2D eigenvalue weighted by molar-refractivity contribution is 6.31. The molecule has 112 valence electrons. The van der Waals surface area contributed by atoms with Gasteiger partial charge in [0.15, 0.2) is 5.82 Å². The van der Waals surface area contributed by atoms with Crippen molar-refractivity contribution in [2.45, 2.75) is 6.54 Å². The van der Waals surface area contributed by atoms with Crippen LogP contribution in [0.1, 0.15) is 15.9 Å². The van der Waals surface area contributed by atoms with Gasteiger partial charge in [0.25, 0.3) is 0 Å². The molecule has 4 nitrogen and oxygen atoms in total. The molecule has 0 radical (unpaired) electrons. The van der Waals surface area contributed by atoms with Crippen molar-refractivity contribution >= 4 is 28.5 Å². The van der Waals surface area contributed by atoms with E-state index in [9.17, 15) is 13.6 Å². The van der Waals surface area contributed by atoms with E-state index in [1.165, 1.54) is 35.1 Å². The Morgan fingerprint density at radius 3 is 2.73 bits per heavy atom. The van der Waals surface area contributed by atoms with Gasteiger partial charge in [-0.3, -0.25) is 4.68 Å². The van der Waals surface area contributed by atoms with Crippen molar-refractivity contribution in [3.05, 3.63) is 64.3 Å². The van der Waals surface area contributed by atoms with E-state index in [2.05, 4.69) is 5.10 Å². The monoisotopic (exact) mass is 322 g/mol. The van der Waals surface area contributed by atoms with Crippen molar-refractivity contribution in [3.8, 4) is 0 Å². The van der Waals surface area contributed by atoms with Gasteiger partial charge in [0.2, 0.25) is 0 Å². The van der Waals surface area contributed by atoms with Crippen LogP contribution in [0.5, 0.6) is 0 Å². The molecule has 3 rings (SSSR count). The molecule has 0 atom stereocenters. The van der Waals surface area contributed by atoms with Crippen molar-refractivity contribution < 1.29 is 18.7 Å². The van der Waals surface area contributed by atoms with Crippen LogP contribution < -0.4 is 0 Å². The third-order valence-corrected chi connectivity index (χ3v) is 3.64. The molecule has 0 aliphatic rings. The number of aromatic nitrogens is 2.